The summed E-state index contributed by atoms with van der Waals surface area (Å²) in [5.74, 6) is -0.397. The van der Waals surface area contributed by atoms with Crippen LogP contribution in [-0.4, -0.2) is 25.1 Å². The number of alkyl halides is 2. The zero-order valence-corrected chi connectivity index (χ0v) is 10.7. The molecular formula is C13H18F2N2O2. The maximum atomic E-state index is 12.1. The number of hydrogen-bond donors (Lipinski definition) is 2. The van der Waals surface area contributed by atoms with Crippen LogP contribution in [0.15, 0.2) is 24.3 Å². The molecule has 1 rings (SSSR count). The molecule has 0 saturated carbocycles. The summed E-state index contributed by atoms with van der Waals surface area (Å²) in [6.45, 7) is -0.546. The Morgan fingerprint density at radius 1 is 1.47 bits per heavy atom. The van der Waals surface area contributed by atoms with Crippen molar-refractivity contribution in [2.75, 3.05) is 6.54 Å². The molecule has 19 heavy (non-hydrogen) atoms. The first kappa shape index (κ1) is 15.4. The van der Waals surface area contributed by atoms with Gasteiger partial charge in [-0.2, -0.15) is 8.78 Å². The van der Waals surface area contributed by atoms with Gasteiger partial charge >= 0.3 is 6.61 Å². The van der Waals surface area contributed by atoms with Gasteiger partial charge in [0.05, 0.1) is 0 Å². The van der Waals surface area contributed by atoms with E-state index in [-0.39, 0.29) is 23.3 Å². The molecule has 106 valence electrons. The summed E-state index contributed by atoms with van der Waals surface area (Å²) in [6.07, 6.45) is 1.75. The van der Waals surface area contributed by atoms with E-state index in [9.17, 15) is 13.6 Å². The Bertz CT molecular complexity index is 413. The van der Waals surface area contributed by atoms with E-state index in [0.717, 1.165) is 12.8 Å². The maximum Gasteiger partial charge on any atom is 0.387 e. The minimum atomic E-state index is -2.91. The topological polar surface area (TPSA) is 64.3 Å². The molecule has 0 radical (unpaired) electrons. The zero-order valence-electron chi connectivity index (χ0n) is 10.7. The van der Waals surface area contributed by atoms with E-state index < -0.39 is 6.61 Å². The molecule has 0 aliphatic rings. The average Bonchev–Trinajstić information content (AvgIpc) is 2.36. The normalized spacial score (nSPS) is 12.3. The van der Waals surface area contributed by atoms with Crippen molar-refractivity contribution in [1.29, 1.82) is 0 Å². The van der Waals surface area contributed by atoms with Crippen molar-refractivity contribution >= 4 is 5.91 Å². The van der Waals surface area contributed by atoms with Crippen LogP contribution in [0.3, 0.4) is 0 Å². The highest BCUT2D eigenvalue weighted by atomic mass is 19.3. The Balaban J connectivity index is 2.56. The van der Waals surface area contributed by atoms with Crippen LogP contribution >= 0.6 is 0 Å². The lowest BCUT2D eigenvalue weighted by molar-refractivity contribution is -0.0498. The molecule has 0 aromatic heterocycles. The second-order valence-electron chi connectivity index (χ2n) is 4.17. The van der Waals surface area contributed by atoms with E-state index >= 15 is 0 Å². The molecule has 1 amide bonds. The van der Waals surface area contributed by atoms with Gasteiger partial charge in [-0.3, -0.25) is 4.79 Å². The molecule has 1 aromatic carbocycles. The first-order valence-electron chi connectivity index (χ1n) is 6.11. The van der Waals surface area contributed by atoms with Crippen LogP contribution in [0.5, 0.6) is 5.75 Å². The summed E-state index contributed by atoms with van der Waals surface area (Å²) in [5.41, 5.74) is 6.03. The number of amides is 1. The standard InChI is InChI=1S/C13H18F2N2O2/c1-2-4-10(16)8-17-12(18)9-5-3-6-11(7-9)19-13(14)15/h3,5-7,10,13H,2,4,8,16H2,1H3,(H,17,18). The van der Waals surface area contributed by atoms with Crippen LogP contribution in [0, 0.1) is 0 Å². The molecule has 0 spiro atoms. The Labute approximate surface area is 110 Å². The molecule has 1 unspecified atom stereocenters. The fourth-order valence-electron chi connectivity index (χ4n) is 1.61. The Kier molecular flexibility index (Phi) is 6.21. The van der Waals surface area contributed by atoms with Crippen molar-refractivity contribution in [2.24, 2.45) is 5.73 Å². The second kappa shape index (κ2) is 7.68. The SMILES string of the molecule is CCCC(N)CNC(=O)c1cccc(OC(F)F)c1. The van der Waals surface area contributed by atoms with E-state index in [1.165, 1.54) is 24.3 Å². The molecule has 1 atom stereocenters. The van der Waals surface area contributed by atoms with Crippen molar-refractivity contribution in [3.63, 3.8) is 0 Å². The van der Waals surface area contributed by atoms with E-state index in [0.29, 0.717) is 6.54 Å². The molecule has 0 aliphatic heterocycles. The predicted octanol–water partition coefficient (Wildman–Crippen LogP) is 2.15. The third-order valence-corrected chi connectivity index (χ3v) is 2.51. The summed E-state index contributed by atoms with van der Waals surface area (Å²) >= 11 is 0. The first-order chi connectivity index (χ1) is 9.02. The van der Waals surface area contributed by atoms with Crippen molar-refractivity contribution in [3.8, 4) is 5.75 Å². The largest absolute Gasteiger partial charge is 0.435 e. The van der Waals surface area contributed by atoms with Gasteiger partial charge in [0, 0.05) is 18.2 Å². The number of halogens is 2. The Hall–Kier alpha value is -1.69. The zero-order chi connectivity index (χ0) is 14.3. The van der Waals surface area contributed by atoms with Gasteiger partial charge in [0.15, 0.2) is 0 Å². The lowest BCUT2D eigenvalue weighted by atomic mass is 10.1. The van der Waals surface area contributed by atoms with Crippen molar-refractivity contribution in [3.05, 3.63) is 29.8 Å². The predicted molar refractivity (Wildman–Crippen MR) is 68.3 cm³/mol. The van der Waals surface area contributed by atoms with Crippen molar-refractivity contribution in [1.82, 2.24) is 5.32 Å². The molecule has 3 N–H and O–H groups in total. The van der Waals surface area contributed by atoms with Gasteiger partial charge in [0.2, 0.25) is 0 Å². The minimum Gasteiger partial charge on any atom is -0.435 e. The highest BCUT2D eigenvalue weighted by Gasteiger charge is 2.10. The van der Waals surface area contributed by atoms with Gasteiger partial charge in [-0.1, -0.05) is 19.4 Å². The van der Waals surface area contributed by atoms with E-state index in [2.05, 4.69) is 10.1 Å². The lowest BCUT2D eigenvalue weighted by Gasteiger charge is -2.12. The molecule has 0 saturated heterocycles. The van der Waals surface area contributed by atoms with Gasteiger partial charge in [0.1, 0.15) is 5.75 Å². The number of nitrogens with two attached hydrogens (primary N) is 1. The number of hydrogen-bond acceptors (Lipinski definition) is 3. The number of ether oxygens (including phenoxy) is 1. The average molecular weight is 272 g/mol. The maximum absolute atomic E-state index is 12.1. The van der Waals surface area contributed by atoms with Gasteiger partial charge in [0.25, 0.3) is 5.91 Å². The molecule has 0 fully saturated rings. The van der Waals surface area contributed by atoms with Crippen LogP contribution in [-0.2, 0) is 0 Å². The number of carbonyl (C=O) groups is 1. The highest BCUT2D eigenvalue weighted by Crippen LogP contribution is 2.15. The Morgan fingerprint density at radius 2 is 2.21 bits per heavy atom. The van der Waals surface area contributed by atoms with Crippen molar-refractivity contribution in [2.45, 2.75) is 32.4 Å². The quantitative estimate of drug-likeness (QED) is 0.799. The van der Waals surface area contributed by atoms with E-state index in [1.54, 1.807) is 0 Å². The van der Waals surface area contributed by atoms with E-state index in [4.69, 9.17) is 5.73 Å². The third-order valence-electron chi connectivity index (χ3n) is 2.51. The molecule has 4 nitrogen and oxygen atoms in total. The van der Waals surface area contributed by atoms with Gasteiger partial charge in [-0.05, 0) is 24.6 Å². The molecule has 0 aliphatic carbocycles. The number of carbonyl (C=O) groups excluding carboxylic acids is 1. The van der Waals surface area contributed by atoms with Crippen LogP contribution in [0.4, 0.5) is 8.78 Å². The summed E-state index contributed by atoms with van der Waals surface area (Å²) in [4.78, 5) is 11.8. The number of rotatable bonds is 7. The van der Waals surface area contributed by atoms with Gasteiger partial charge < -0.3 is 15.8 Å². The van der Waals surface area contributed by atoms with Crippen LogP contribution in [0.2, 0.25) is 0 Å². The van der Waals surface area contributed by atoms with Crippen LogP contribution in [0.25, 0.3) is 0 Å². The Morgan fingerprint density at radius 3 is 2.84 bits per heavy atom. The van der Waals surface area contributed by atoms with Gasteiger partial charge in [-0.15, -0.1) is 0 Å². The first-order valence-corrected chi connectivity index (χ1v) is 6.11. The highest BCUT2D eigenvalue weighted by molar-refractivity contribution is 5.94. The summed E-state index contributed by atoms with van der Waals surface area (Å²) in [6, 6.07) is 5.55. The second-order valence-corrected chi connectivity index (χ2v) is 4.17. The molecule has 0 heterocycles. The van der Waals surface area contributed by atoms with E-state index in [1.807, 2.05) is 6.92 Å². The summed E-state index contributed by atoms with van der Waals surface area (Å²) in [5, 5.41) is 2.66. The monoisotopic (exact) mass is 272 g/mol. The fourth-order valence-corrected chi connectivity index (χ4v) is 1.61. The van der Waals surface area contributed by atoms with Crippen LogP contribution in [0.1, 0.15) is 30.1 Å². The summed E-state index contributed by atoms with van der Waals surface area (Å²) in [7, 11) is 0. The van der Waals surface area contributed by atoms with Crippen LogP contribution < -0.4 is 15.8 Å². The van der Waals surface area contributed by atoms with Crippen molar-refractivity contribution < 1.29 is 18.3 Å². The fraction of sp³-hybridized carbons (Fsp3) is 0.462. The molecular weight excluding hydrogens is 254 g/mol. The summed E-state index contributed by atoms with van der Waals surface area (Å²) < 4.78 is 28.3. The molecule has 1 aromatic rings. The van der Waals surface area contributed by atoms with Gasteiger partial charge in [-0.25, -0.2) is 0 Å². The number of nitrogens with one attached hydrogen (secondary N) is 1. The molecule has 6 heteroatoms. The molecule has 0 bridgehead atoms. The minimum absolute atomic E-state index is 0.0412. The third kappa shape index (κ3) is 5.65. The smallest absolute Gasteiger partial charge is 0.387 e. The lowest BCUT2D eigenvalue weighted by Crippen LogP contribution is -2.37. The number of benzene rings is 1.